The third-order valence-corrected chi connectivity index (χ3v) is 16.7. The van der Waals surface area contributed by atoms with Crippen molar-refractivity contribution in [3.05, 3.63) is 190 Å². The second-order valence-corrected chi connectivity index (χ2v) is 22.7. The Morgan fingerprint density at radius 2 is 1.00 bits per heavy atom. The van der Waals surface area contributed by atoms with Gasteiger partial charge in [0.1, 0.15) is 11.8 Å². The van der Waals surface area contributed by atoms with E-state index in [1.165, 1.54) is 55.5 Å². The van der Waals surface area contributed by atoms with Crippen LogP contribution in [0, 0.1) is 0 Å². The number of sulfone groups is 2. The van der Waals surface area contributed by atoms with E-state index in [0.29, 0.717) is 64.1 Å². The number of aliphatic hydroxyl groups excluding tert-OH is 4. The Morgan fingerprint density at radius 1 is 0.583 bits per heavy atom. The summed E-state index contributed by atoms with van der Waals surface area (Å²) in [6.07, 6.45) is -9.13. The van der Waals surface area contributed by atoms with E-state index < -0.39 is 92.2 Å². The van der Waals surface area contributed by atoms with Gasteiger partial charge >= 0.3 is 41.9 Å². The quantitative estimate of drug-likeness (QED) is 0.0362. The summed E-state index contributed by atoms with van der Waals surface area (Å²) in [5.74, 6) is -1.65. The first-order valence-corrected chi connectivity index (χ1v) is 28.6. The fourth-order valence-corrected chi connectivity index (χ4v) is 10.5. The number of aromatic nitrogens is 4. The van der Waals surface area contributed by atoms with Gasteiger partial charge in [0, 0.05) is 73.9 Å². The monoisotopic (exact) mass is 1220 g/mol. The van der Waals surface area contributed by atoms with Crippen LogP contribution in [0.3, 0.4) is 0 Å². The Hall–Kier alpha value is -6.75. The Morgan fingerprint density at radius 3 is 1.37 bits per heavy atom. The zero-order chi connectivity index (χ0) is 60.5. The predicted molar refractivity (Wildman–Crippen MR) is 299 cm³/mol. The summed E-state index contributed by atoms with van der Waals surface area (Å²) in [5, 5.41) is 44.3. The van der Waals surface area contributed by atoms with Crippen molar-refractivity contribution in [2.75, 3.05) is 31.8 Å². The first-order chi connectivity index (χ1) is 38.8. The average Bonchev–Trinajstić information content (AvgIpc) is 4.30. The van der Waals surface area contributed by atoms with Crippen molar-refractivity contribution in [1.29, 1.82) is 0 Å². The molecule has 441 valence electrons. The molecule has 0 bridgehead atoms. The summed E-state index contributed by atoms with van der Waals surface area (Å²) in [7, 11) is -5.78. The molecule has 3 atom stereocenters. The van der Waals surface area contributed by atoms with E-state index in [2.05, 4.69) is 20.6 Å². The van der Waals surface area contributed by atoms with Crippen LogP contribution in [0.4, 0.5) is 26.3 Å². The first-order valence-electron chi connectivity index (χ1n) is 25.3. The van der Waals surface area contributed by atoms with Crippen LogP contribution in [0.25, 0.3) is 21.8 Å². The number of carbonyl (C=O) groups is 3. The number of ketones is 1. The predicted octanol–water partition coefficient (Wildman–Crippen LogP) is 5.32. The first kappa shape index (κ1) is 69.7. The molecule has 0 saturated carbocycles. The maximum Gasteiger partial charge on any atom is 1.00 e. The molecule has 4 aromatic carbocycles. The standard InChI is InChI=1S/C28H28F3N3O5S.C28H26F3N3O5S.CH4O.B.Na.H/c2*1-3-34-24-12-7-18(27(37)33-23(16-35)17-5-9-21(10-6-17)40(38,39)4-2)13-19(24)14-25(34)26(36)22-11-8-20(15-32-22)28(29,30)31;1-2;;;/h5-15,23,26,35-36H,3-4,16H2,1-2H3,(H,33,37);5-15,23,35H,3-4,16H2,1-2H3,(H,33,37);2H,1H3;;;/q;;;;+1;-1/t23-,26?;23-;;;;/m00..../s1. The van der Waals surface area contributed by atoms with Gasteiger partial charge in [0.15, 0.2) is 19.7 Å². The number of halogens is 6. The minimum absolute atomic E-state index is 0. The molecule has 1 unspecified atom stereocenters. The molecule has 27 heteroatoms. The van der Waals surface area contributed by atoms with Gasteiger partial charge in [-0.2, -0.15) is 26.3 Å². The van der Waals surface area contributed by atoms with E-state index in [1.54, 1.807) is 71.5 Å². The normalized spacial score (nSPS) is 12.8. The Balaban J connectivity index is 0.000000418. The van der Waals surface area contributed by atoms with Crippen molar-refractivity contribution in [1.82, 2.24) is 29.7 Å². The van der Waals surface area contributed by atoms with Gasteiger partial charge in [-0.1, -0.05) is 38.1 Å². The number of fused-ring (bicyclic) bond motifs is 2. The molecule has 0 aliphatic heterocycles. The maximum atomic E-state index is 13.1. The van der Waals surface area contributed by atoms with Crippen LogP contribution in [0.1, 0.15) is 118 Å². The van der Waals surface area contributed by atoms with E-state index in [-0.39, 0.29) is 88.9 Å². The molecule has 0 spiro atoms. The maximum absolute atomic E-state index is 13.1. The third kappa shape index (κ3) is 16.0. The second-order valence-electron chi connectivity index (χ2n) is 18.1. The molecule has 0 saturated heterocycles. The largest absolute Gasteiger partial charge is 1.00 e. The van der Waals surface area contributed by atoms with Crippen LogP contribution >= 0.6 is 0 Å². The number of amides is 2. The van der Waals surface area contributed by atoms with Crippen molar-refractivity contribution in [3.8, 4) is 0 Å². The van der Waals surface area contributed by atoms with Crippen LogP contribution in [0.5, 0.6) is 0 Å². The van der Waals surface area contributed by atoms with Crippen molar-refractivity contribution in [3.63, 3.8) is 0 Å². The van der Waals surface area contributed by atoms with Gasteiger partial charge in [0.05, 0.1) is 74.8 Å². The van der Waals surface area contributed by atoms with Crippen LogP contribution < -0.4 is 40.2 Å². The zero-order valence-electron chi connectivity index (χ0n) is 47.3. The molecular weight excluding hydrogens is 1160 g/mol. The molecule has 2 amide bonds. The molecule has 3 radical (unpaired) electrons. The van der Waals surface area contributed by atoms with E-state index >= 15 is 0 Å². The molecule has 17 nitrogen and oxygen atoms in total. The number of carbonyl (C=O) groups excluding carboxylic acids is 3. The van der Waals surface area contributed by atoms with Gasteiger partial charge in [-0.25, -0.2) is 16.8 Å². The van der Waals surface area contributed by atoms with Crippen molar-refractivity contribution in [2.24, 2.45) is 0 Å². The summed E-state index contributed by atoms with van der Waals surface area (Å²) in [4.78, 5) is 47.0. The summed E-state index contributed by atoms with van der Waals surface area (Å²) >= 11 is 0. The SMILES string of the molecule is CCn1c(C(=O)c2ccc(C(F)(F)F)cn2)cc2cc(C(=O)N[C@@H](CO)c3ccc(S(=O)(=O)CC)cc3)ccc21.CCn1c(C(O)c2ccc(C(F)(F)F)cn2)cc2cc(C(=O)N[C@@H](CO)c3ccc(S(=O)(=O)CC)cc3)ccc21.CO.[B].[H-].[Na+]. The van der Waals surface area contributed by atoms with Gasteiger partial charge < -0.3 is 41.6 Å². The van der Waals surface area contributed by atoms with Crippen LogP contribution in [0.15, 0.2) is 144 Å². The second kappa shape index (κ2) is 29.4. The number of benzene rings is 4. The Bertz CT molecular complexity index is 3800. The Kier molecular flexibility index (Phi) is 24.4. The minimum atomic E-state index is -4.57. The number of hydrogen-bond donors (Lipinski definition) is 6. The van der Waals surface area contributed by atoms with E-state index in [4.69, 9.17) is 5.11 Å². The summed E-state index contributed by atoms with van der Waals surface area (Å²) < 4.78 is 129. The number of nitrogens with zero attached hydrogens (tertiary/aromatic N) is 4. The zero-order valence-corrected chi connectivity index (χ0v) is 49.9. The fraction of sp³-hybridized carbons (Fsp3) is 0.281. The molecule has 0 fully saturated rings. The number of alkyl halides is 6. The molecule has 8 aromatic rings. The molecule has 4 heterocycles. The minimum Gasteiger partial charge on any atom is -1.00 e. The third-order valence-electron chi connectivity index (χ3n) is 13.2. The van der Waals surface area contributed by atoms with Crippen LogP contribution in [0.2, 0.25) is 0 Å². The number of pyridine rings is 2. The van der Waals surface area contributed by atoms with E-state index in [0.717, 1.165) is 31.4 Å². The van der Waals surface area contributed by atoms with Crippen molar-refractivity contribution in [2.45, 2.75) is 81.1 Å². The molecule has 6 N–H and O–H groups in total. The summed E-state index contributed by atoms with van der Waals surface area (Å²) in [6.45, 7) is 6.71. The van der Waals surface area contributed by atoms with Crippen molar-refractivity contribution >= 4 is 67.5 Å². The van der Waals surface area contributed by atoms with Gasteiger partial charge in [0.25, 0.3) is 11.8 Å². The molecule has 8 rings (SSSR count). The number of hydrogen-bond acceptors (Lipinski definition) is 13. The number of aliphatic hydroxyl groups is 4. The van der Waals surface area contributed by atoms with Gasteiger partial charge in [-0.15, -0.1) is 0 Å². The molecular formula is C57H59BF6N6NaO11S2. The van der Waals surface area contributed by atoms with Crippen molar-refractivity contribution < 1.29 is 109 Å². The summed E-state index contributed by atoms with van der Waals surface area (Å²) in [6, 6.07) is 26.9. The Labute approximate surface area is 506 Å². The molecule has 84 heavy (non-hydrogen) atoms. The van der Waals surface area contributed by atoms with Crippen LogP contribution in [-0.4, -0.2) is 114 Å². The topological polar surface area (TPSA) is 260 Å². The molecule has 0 aliphatic carbocycles. The van der Waals surface area contributed by atoms with E-state index in [9.17, 15) is 72.9 Å². The molecule has 4 aromatic heterocycles. The van der Waals surface area contributed by atoms with E-state index in [1.807, 2.05) is 6.92 Å². The van der Waals surface area contributed by atoms with Crippen LogP contribution in [-0.2, 0) is 45.1 Å². The summed E-state index contributed by atoms with van der Waals surface area (Å²) in [5.41, 5.74) is 1.53. The van der Waals surface area contributed by atoms with Gasteiger partial charge in [-0.3, -0.25) is 24.4 Å². The number of nitrogens with one attached hydrogen (secondary N) is 2. The molecule has 0 aliphatic rings. The smallest absolute Gasteiger partial charge is 1.00 e. The van der Waals surface area contributed by atoms with Gasteiger partial charge in [0.2, 0.25) is 5.78 Å². The number of rotatable bonds is 18. The fourth-order valence-electron chi connectivity index (χ4n) is 8.77. The number of aryl methyl sites for hydroxylation is 2. The van der Waals surface area contributed by atoms with Gasteiger partial charge in [-0.05, 0) is 122 Å². The average molecular weight is 1220 g/mol.